The van der Waals surface area contributed by atoms with Crippen LogP contribution in [0.1, 0.15) is 17.4 Å². The molecule has 1 aliphatic rings. The van der Waals surface area contributed by atoms with Gasteiger partial charge in [0, 0.05) is 26.2 Å². The lowest BCUT2D eigenvalue weighted by Crippen LogP contribution is -2.43. The van der Waals surface area contributed by atoms with Gasteiger partial charge in [0.05, 0.1) is 18.5 Å². The van der Waals surface area contributed by atoms with Crippen LogP contribution in [0.2, 0.25) is 0 Å². The van der Waals surface area contributed by atoms with E-state index in [1.165, 1.54) is 0 Å². The van der Waals surface area contributed by atoms with Crippen molar-refractivity contribution in [2.75, 3.05) is 37.7 Å². The van der Waals surface area contributed by atoms with Gasteiger partial charge >= 0.3 is 5.97 Å². The molecule has 1 saturated heterocycles. The number of anilines is 1. The number of pyridine rings is 1. The number of aromatic nitrogens is 1. The molecule has 1 N–H and O–H groups in total. The van der Waals surface area contributed by atoms with Crippen LogP contribution in [-0.4, -0.2) is 43.7 Å². The molecular weight excluding hydrogens is 218 g/mol. The average Bonchev–Trinajstić information content (AvgIpc) is 2.40. The Morgan fingerprint density at radius 3 is 2.82 bits per heavy atom. The van der Waals surface area contributed by atoms with Crippen LogP contribution in [0.15, 0.2) is 18.3 Å². The number of hydrogen-bond acceptors (Lipinski definition) is 5. The van der Waals surface area contributed by atoms with E-state index in [1.54, 1.807) is 19.2 Å². The number of nitrogens with one attached hydrogen (secondary N) is 1. The summed E-state index contributed by atoms with van der Waals surface area (Å²) < 4.78 is 4.89. The lowest BCUT2D eigenvalue weighted by molar-refractivity contribution is 0.0519. The summed E-state index contributed by atoms with van der Waals surface area (Å²) in [6, 6.07) is 3.64. The molecule has 0 aromatic carbocycles. The van der Waals surface area contributed by atoms with Crippen molar-refractivity contribution in [2.24, 2.45) is 0 Å². The van der Waals surface area contributed by atoms with Gasteiger partial charge in [-0.1, -0.05) is 0 Å². The maximum Gasteiger partial charge on any atom is 0.356 e. The van der Waals surface area contributed by atoms with Crippen molar-refractivity contribution in [2.45, 2.75) is 6.92 Å². The van der Waals surface area contributed by atoms with Gasteiger partial charge in [0.15, 0.2) is 0 Å². The Kier molecular flexibility index (Phi) is 3.93. The molecule has 0 atom stereocenters. The van der Waals surface area contributed by atoms with Crippen molar-refractivity contribution in [3.63, 3.8) is 0 Å². The fraction of sp³-hybridized carbons (Fsp3) is 0.500. The minimum Gasteiger partial charge on any atom is -0.461 e. The van der Waals surface area contributed by atoms with E-state index in [2.05, 4.69) is 15.2 Å². The molecular formula is C12H17N3O2. The molecule has 5 nitrogen and oxygen atoms in total. The van der Waals surface area contributed by atoms with Crippen LogP contribution in [-0.2, 0) is 4.74 Å². The van der Waals surface area contributed by atoms with Crippen molar-refractivity contribution in [3.05, 3.63) is 24.0 Å². The SMILES string of the molecule is CCOC(=O)c1ccc(N2CCNCC2)cn1. The summed E-state index contributed by atoms with van der Waals surface area (Å²) in [7, 11) is 0. The fourth-order valence-electron chi connectivity index (χ4n) is 1.82. The standard InChI is InChI=1S/C12H17N3O2/c1-2-17-12(16)11-4-3-10(9-14-11)15-7-5-13-6-8-15/h3-4,9,13H,2,5-8H2,1H3. The van der Waals surface area contributed by atoms with E-state index in [4.69, 9.17) is 4.74 Å². The van der Waals surface area contributed by atoms with E-state index in [9.17, 15) is 4.79 Å². The van der Waals surface area contributed by atoms with Crippen molar-refractivity contribution in [1.29, 1.82) is 0 Å². The molecule has 0 aliphatic carbocycles. The zero-order valence-corrected chi connectivity index (χ0v) is 9.98. The van der Waals surface area contributed by atoms with Gasteiger partial charge in [-0.15, -0.1) is 0 Å². The zero-order chi connectivity index (χ0) is 12.1. The quantitative estimate of drug-likeness (QED) is 0.780. The molecule has 92 valence electrons. The van der Waals surface area contributed by atoms with E-state index < -0.39 is 0 Å². The maximum absolute atomic E-state index is 11.4. The Morgan fingerprint density at radius 2 is 2.24 bits per heavy atom. The molecule has 2 heterocycles. The predicted octanol–water partition coefficient (Wildman–Crippen LogP) is 0.668. The van der Waals surface area contributed by atoms with Gasteiger partial charge in [-0.2, -0.15) is 0 Å². The highest BCUT2D eigenvalue weighted by atomic mass is 16.5. The molecule has 2 rings (SSSR count). The second-order valence-corrected chi connectivity index (χ2v) is 3.86. The molecule has 1 fully saturated rings. The lowest BCUT2D eigenvalue weighted by Gasteiger charge is -2.29. The van der Waals surface area contributed by atoms with E-state index in [-0.39, 0.29) is 5.97 Å². The summed E-state index contributed by atoms with van der Waals surface area (Å²) in [5.74, 6) is -0.362. The van der Waals surface area contributed by atoms with Crippen LogP contribution in [0, 0.1) is 0 Å². The largest absolute Gasteiger partial charge is 0.461 e. The van der Waals surface area contributed by atoms with Crippen LogP contribution >= 0.6 is 0 Å². The fourth-order valence-corrected chi connectivity index (χ4v) is 1.82. The van der Waals surface area contributed by atoms with Crippen molar-refractivity contribution in [3.8, 4) is 0 Å². The summed E-state index contributed by atoms with van der Waals surface area (Å²) in [5.41, 5.74) is 1.42. The second-order valence-electron chi connectivity index (χ2n) is 3.86. The van der Waals surface area contributed by atoms with Gasteiger partial charge in [-0.25, -0.2) is 9.78 Å². The lowest BCUT2D eigenvalue weighted by atomic mass is 10.3. The Bertz CT molecular complexity index is 372. The molecule has 1 aliphatic heterocycles. The Labute approximate surface area is 101 Å². The normalized spacial score (nSPS) is 15.7. The van der Waals surface area contributed by atoms with Crippen molar-refractivity contribution >= 4 is 11.7 Å². The third-order valence-electron chi connectivity index (χ3n) is 2.71. The molecule has 0 amide bonds. The second kappa shape index (κ2) is 5.63. The number of esters is 1. The number of carbonyl (C=O) groups is 1. The topological polar surface area (TPSA) is 54.5 Å². The monoisotopic (exact) mass is 235 g/mol. The van der Waals surface area contributed by atoms with Crippen molar-refractivity contribution < 1.29 is 9.53 Å². The highest BCUT2D eigenvalue weighted by molar-refractivity contribution is 5.87. The molecule has 0 radical (unpaired) electrons. The first-order valence-electron chi connectivity index (χ1n) is 5.90. The van der Waals surface area contributed by atoms with Gasteiger partial charge in [0.25, 0.3) is 0 Å². The predicted molar refractivity (Wildman–Crippen MR) is 65.3 cm³/mol. The minimum absolute atomic E-state index is 0.362. The summed E-state index contributed by atoms with van der Waals surface area (Å²) in [6.45, 7) is 6.08. The molecule has 17 heavy (non-hydrogen) atoms. The molecule has 0 saturated carbocycles. The number of carbonyl (C=O) groups excluding carboxylic acids is 1. The highest BCUT2D eigenvalue weighted by Crippen LogP contribution is 2.13. The first-order valence-corrected chi connectivity index (χ1v) is 5.90. The number of ether oxygens (including phenoxy) is 1. The molecule has 0 unspecified atom stereocenters. The molecule has 5 heteroatoms. The van der Waals surface area contributed by atoms with Gasteiger partial charge in [-0.05, 0) is 19.1 Å². The maximum atomic E-state index is 11.4. The summed E-state index contributed by atoms with van der Waals surface area (Å²) in [5, 5.41) is 3.29. The first kappa shape index (κ1) is 11.9. The number of piperazine rings is 1. The number of hydrogen-bond donors (Lipinski definition) is 1. The van der Waals surface area contributed by atoms with E-state index >= 15 is 0 Å². The van der Waals surface area contributed by atoms with Crippen LogP contribution in [0.25, 0.3) is 0 Å². The van der Waals surface area contributed by atoms with E-state index in [0.717, 1.165) is 31.9 Å². The van der Waals surface area contributed by atoms with Crippen LogP contribution in [0.4, 0.5) is 5.69 Å². The minimum atomic E-state index is -0.362. The molecule has 0 spiro atoms. The Hall–Kier alpha value is -1.62. The average molecular weight is 235 g/mol. The molecule has 0 bridgehead atoms. The van der Waals surface area contributed by atoms with Crippen molar-refractivity contribution in [1.82, 2.24) is 10.3 Å². The smallest absolute Gasteiger partial charge is 0.356 e. The van der Waals surface area contributed by atoms with E-state index in [1.807, 2.05) is 6.07 Å². The first-order chi connectivity index (χ1) is 8.31. The summed E-state index contributed by atoms with van der Waals surface area (Å²) in [4.78, 5) is 17.8. The third-order valence-corrected chi connectivity index (χ3v) is 2.71. The van der Waals surface area contributed by atoms with Gasteiger partial charge in [-0.3, -0.25) is 0 Å². The summed E-state index contributed by atoms with van der Waals surface area (Å²) >= 11 is 0. The van der Waals surface area contributed by atoms with Crippen LogP contribution in [0.3, 0.4) is 0 Å². The highest BCUT2D eigenvalue weighted by Gasteiger charge is 2.12. The third kappa shape index (κ3) is 2.94. The zero-order valence-electron chi connectivity index (χ0n) is 9.98. The Morgan fingerprint density at radius 1 is 1.47 bits per heavy atom. The number of nitrogens with zero attached hydrogens (tertiary/aromatic N) is 2. The number of rotatable bonds is 3. The van der Waals surface area contributed by atoms with E-state index in [0.29, 0.717) is 12.3 Å². The molecule has 1 aromatic rings. The Balaban J connectivity index is 2.04. The van der Waals surface area contributed by atoms with Gasteiger partial charge < -0.3 is 15.0 Å². The van der Waals surface area contributed by atoms with Gasteiger partial charge in [0.1, 0.15) is 5.69 Å². The summed E-state index contributed by atoms with van der Waals surface area (Å²) in [6.07, 6.45) is 1.73. The van der Waals surface area contributed by atoms with Crippen LogP contribution < -0.4 is 10.2 Å². The van der Waals surface area contributed by atoms with Gasteiger partial charge in [0.2, 0.25) is 0 Å². The molecule has 1 aromatic heterocycles. The van der Waals surface area contributed by atoms with Crippen LogP contribution in [0.5, 0.6) is 0 Å².